The summed E-state index contributed by atoms with van der Waals surface area (Å²) in [5, 5.41) is 39.9. The first-order valence-electron chi connectivity index (χ1n) is 20.1. The van der Waals surface area contributed by atoms with Crippen molar-refractivity contribution in [3.05, 3.63) is 0 Å². The van der Waals surface area contributed by atoms with Crippen molar-refractivity contribution in [3.63, 3.8) is 0 Å². The van der Waals surface area contributed by atoms with Gasteiger partial charge in [0.25, 0.3) is 0 Å². The molecule has 10 heteroatoms. The van der Waals surface area contributed by atoms with E-state index in [2.05, 4.69) is 13.8 Å². The summed E-state index contributed by atoms with van der Waals surface area (Å²) in [6.45, 7) is 3.41. The Labute approximate surface area is 298 Å². The van der Waals surface area contributed by atoms with Gasteiger partial charge in [0.1, 0.15) is 31.0 Å². The molecule has 0 amide bonds. The van der Waals surface area contributed by atoms with Gasteiger partial charge >= 0.3 is 11.9 Å². The molecule has 0 saturated carbocycles. The first-order valence-corrected chi connectivity index (χ1v) is 20.1. The Morgan fingerprint density at radius 1 is 0.551 bits per heavy atom. The van der Waals surface area contributed by atoms with E-state index in [4.69, 9.17) is 18.9 Å². The van der Waals surface area contributed by atoms with Crippen LogP contribution in [0.5, 0.6) is 0 Å². The highest BCUT2D eigenvalue weighted by Gasteiger charge is 2.44. The number of carbonyl (C=O) groups is 2. The molecule has 0 aromatic carbocycles. The van der Waals surface area contributed by atoms with Gasteiger partial charge in [0, 0.05) is 12.8 Å². The molecule has 1 rings (SSSR count). The molecular weight excluding hydrogens is 628 g/mol. The minimum Gasteiger partial charge on any atom is -0.462 e. The molecule has 10 nitrogen and oxygen atoms in total. The van der Waals surface area contributed by atoms with Crippen LogP contribution in [0.2, 0.25) is 0 Å². The van der Waals surface area contributed by atoms with Crippen LogP contribution in [0.15, 0.2) is 0 Å². The number of unbranched alkanes of at least 4 members (excludes halogenated alkanes) is 22. The molecule has 290 valence electrons. The number of hydrogen-bond acceptors (Lipinski definition) is 10. The van der Waals surface area contributed by atoms with Gasteiger partial charge in [-0.15, -0.1) is 0 Å². The summed E-state index contributed by atoms with van der Waals surface area (Å²) in [5.74, 6) is -0.798. The lowest BCUT2D eigenvalue weighted by atomic mass is 9.99. The third-order valence-electron chi connectivity index (χ3n) is 9.49. The summed E-state index contributed by atoms with van der Waals surface area (Å²) in [6, 6.07) is 0. The summed E-state index contributed by atoms with van der Waals surface area (Å²) in [5.41, 5.74) is 0. The zero-order valence-corrected chi connectivity index (χ0v) is 31.2. The Morgan fingerprint density at radius 3 is 1.39 bits per heavy atom. The Balaban J connectivity index is 2.37. The van der Waals surface area contributed by atoms with Crippen LogP contribution in [-0.4, -0.2) is 89.0 Å². The van der Waals surface area contributed by atoms with E-state index in [0.717, 1.165) is 38.5 Å². The van der Waals surface area contributed by atoms with Gasteiger partial charge in [-0.25, -0.2) is 0 Å². The monoisotopic (exact) mass is 703 g/mol. The van der Waals surface area contributed by atoms with Crippen molar-refractivity contribution in [1.29, 1.82) is 0 Å². The van der Waals surface area contributed by atoms with Crippen molar-refractivity contribution >= 4 is 11.9 Å². The molecule has 0 unspecified atom stereocenters. The summed E-state index contributed by atoms with van der Waals surface area (Å²) in [7, 11) is 0. The minimum atomic E-state index is -1.59. The van der Waals surface area contributed by atoms with Gasteiger partial charge in [-0.2, -0.15) is 0 Å². The van der Waals surface area contributed by atoms with E-state index < -0.39 is 49.4 Å². The van der Waals surface area contributed by atoms with Gasteiger partial charge in [-0.05, 0) is 12.8 Å². The van der Waals surface area contributed by atoms with Gasteiger partial charge in [0.2, 0.25) is 0 Å². The maximum absolute atomic E-state index is 12.7. The predicted molar refractivity (Wildman–Crippen MR) is 192 cm³/mol. The molecule has 0 aromatic rings. The van der Waals surface area contributed by atoms with E-state index in [1.807, 2.05) is 0 Å². The van der Waals surface area contributed by atoms with E-state index >= 15 is 0 Å². The number of esters is 2. The van der Waals surface area contributed by atoms with E-state index in [9.17, 15) is 30.0 Å². The second-order valence-electron chi connectivity index (χ2n) is 14.1. The molecule has 1 aliphatic heterocycles. The Bertz CT molecular complexity index is 779. The average Bonchev–Trinajstić information content (AvgIpc) is 3.10. The molecule has 0 aliphatic carbocycles. The van der Waals surface area contributed by atoms with E-state index in [1.165, 1.54) is 109 Å². The fourth-order valence-corrected chi connectivity index (χ4v) is 6.25. The third kappa shape index (κ3) is 23.7. The molecule has 0 bridgehead atoms. The van der Waals surface area contributed by atoms with Crippen LogP contribution in [0.3, 0.4) is 0 Å². The van der Waals surface area contributed by atoms with Gasteiger partial charge < -0.3 is 39.4 Å². The molecule has 1 saturated heterocycles. The molecule has 0 aromatic heterocycles. The zero-order chi connectivity index (χ0) is 36.0. The molecule has 49 heavy (non-hydrogen) atoms. The topological polar surface area (TPSA) is 152 Å². The van der Waals surface area contributed by atoms with E-state index in [0.29, 0.717) is 6.42 Å². The predicted octanol–water partition coefficient (Wildman–Crippen LogP) is 7.44. The largest absolute Gasteiger partial charge is 0.462 e. The standard InChI is InChI=1S/C39H74O10/c1-3-5-7-9-11-13-15-16-18-19-21-23-25-27-34(41)46-30-32(31-47-39-38(45)37(44)36(43)33(29-40)49-39)48-35(42)28-26-24-22-20-17-14-12-10-8-6-4-2/h32-33,36-40,43-45H,3-31H2,1-2H3/t32-,33+,36-,37-,38+,39+/m0/s1. The highest BCUT2D eigenvalue weighted by atomic mass is 16.7. The Kier molecular flexibility index (Phi) is 29.3. The lowest BCUT2D eigenvalue weighted by molar-refractivity contribution is -0.305. The highest BCUT2D eigenvalue weighted by molar-refractivity contribution is 5.70. The average molecular weight is 703 g/mol. The number of carbonyl (C=O) groups excluding carboxylic acids is 2. The normalized spacial score (nSPS) is 21.5. The summed E-state index contributed by atoms with van der Waals surface area (Å²) >= 11 is 0. The van der Waals surface area contributed by atoms with Crippen LogP contribution in [0, 0.1) is 0 Å². The van der Waals surface area contributed by atoms with Crippen LogP contribution >= 0.6 is 0 Å². The van der Waals surface area contributed by atoms with Crippen molar-refractivity contribution in [1.82, 2.24) is 0 Å². The first kappa shape index (κ1) is 45.7. The molecule has 1 aliphatic rings. The van der Waals surface area contributed by atoms with Crippen molar-refractivity contribution in [2.24, 2.45) is 0 Å². The van der Waals surface area contributed by atoms with Crippen molar-refractivity contribution in [3.8, 4) is 0 Å². The number of aliphatic hydroxyl groups is 4. The maximum Gasteiger partial charge on any atom is 0.306 e. The van der Waals surface area contributed by atoms with Crippen molar-refractivity contribution in [2.45, 2.75) is 218 Å². The van der Waals surface area contributed by atoms with Crippen molar-refractivity contribution < 1.29 is 49.0 Å². The number of ether oxygens (including phenoxy) is 4. The number of aliphatic hydroxyl groups excluding tert-OH is 4. The smallest absolute Gasteiger partial charge is 0.306 e. The van der Waals surface area contributed by atoms with Crippen LogP contribution < -0.4 is 0 Å². The van der Waals surface area contributed by atoms with Gasteiger partial charge in [-0.3, -0.25) is 9.59 Å². The first-order chi connectivity index (χ1) is 23.8. The Morgan fingerprint density at radius 2 is 0.959 bits per heavy atom. The fourth-order valence-electron chi connectivity index (χ4n) is 6.25. The molecular formula is C39H74O10. The lowest BCUT2D eigenvalue weighted by Gasteiger charge is -2.39. The summed E-state index contributed by atoms with van der Waals surface area (Å²) in [6.07, 6.45) is 21.1. The molecule has 4 N–H and O–H groups in total. The van der Waals surface area contributed by atoms with Gasteiger partial charge in [-0.1, -0.05) is 155 Å². The van der Waals surface area contributed by atoms with Crippen LogP contribution in [0.1, 0.15) is 181 Å². The van der Waals surface area contributed by atoms with Crippen LogP contribution in [-0.2, 0) is 28.5 Å². The summed E-state index contributed by atoms with van der Waals surface area (Å²) < 4.78 is 22.1. The van der Waals surface area contributed by atoms with Crippen LogP contribution in [0.25, 0.3) is 0 Å². The third-order valence-corrected chi connectivity index (χ3v) is 9.49. The molecule has 0 spiro atoms. The van der Waals surface area contributed by atoms with Crippen molar-refractivity contribution in [2.75, 3.05) is 19.8 Å². The van der Waals surface area contributed by atoms with E-state index in [-0.39, 0.29) is 32.0 Å². The van der Waals surface area contributed by atoms with Gasteiger partial charge in [0.05, 0.1) is 13.2 Å². The van der Waals surface area contributed by atoms with Crippen LogP contribution in [0.4, 0.5) is 0 Å². The highest BCUT2D eigenvalue weighted by Crippen LogP contribution is 2.22. The zero-order valence-electron chi connectivity index (χ0n) is 31.2. The quantitative estimate of drug-likeness (QED) is 0.0401. The Hall–Kier alpha value is -1.30. The lowest BCUT2D eigenvalue weighted by Crippen LogP contribution is -2.59. The second kappa shape index (κ2) is 31.4. The maximum atomic E-state index is 12.7. The van der Waals surface area contributed by atoms with Gasteiger partial charge in [0.15, 0.2) is 12.4 Å². The molecule has 0 radical (unpaired) electrons. The second-order valence-corrected chi connectivity index (χ2v) is 14.1. The number of rotatable bonds is 33. The number of hydrogen-bond donors (Lipinski definition) is 4. The summed E-state index contributed by atoms with van der Waals surface area (Å²) in [4.78, 5) is 25.2. The molecule has 1 heterocycles. The molecule has 1 fully saturated rings. The SMILES string of the molecule is CCCCCCCCCCCCCCCC(=O)OC[C@@H](CO[C@@H]1O[C@H](CO)[C@H](O)[C@H](O)[C@H]1O)OC(=O)CCCCCCCCCCCCC. The minimum absolute atomic E-state index is 0.210. The van der Waals surface area contributed by atoms with E-state index in [1.54, 1.807) is 0 Å². The molecule has 6 atom stereocenters. The fraction of sp³-hybridized carbons (Fsp3) is 0.949.